The van der Waals surface area contributed by atoms with Crippen molar-refractivity contribution < 1.29 is 4.52 Å². The Bertz CT molecular complexity index is 861. The average Bonchev–Trinajstić information content (AvgIpc) is 3.12. The van der Waals surface area contributed by atoms with Crippen LogP contribution in [-0.4, -0.2) is 55.8 Å². The first-order valence-electron chi connectivity index (χ1n) is 8.19. The molecule has 0 atom stereocenters. The molecule has 1 fully saturated rings. The Morgan fingerprint density at radius 3 is 2.50 bits per heavy atom. The zero-order valence-corrected chi connectivity index (χ0v) is 14.2. The zero-order chi connectivity index (χ0) is 16.7. The van der Waals surface area contributed by atoms with Crippen molar-refractivity contribution in [2.24, 2.45) is 0 Å². The van der Waals surface area contributed by atoms with E-state index in [0.29, 0.717) is 5.89 Å². The number of aryl methyl sites for hydroxylation is 3. The van der Waals surface area contributed by atoms with Gasteiger partial charge in [-0.3, -0.25) is 4.90 Å². The van der Waals surface area contributed by atoms with Crippen LogP contribution in [0, 0.1) is 20.8 Å². The Labute approximate surface area is 140 Å². The summed E-state index contributed by atoms with van der Waals surface area (Å²) < 4.78 is 6.99. The van der Waals surface area contributed by atoms with Crippen molar-refractivity contribution in [3.63, 3.8) is 0 Å². The lowest BCUT2D eigenvalue weighted by Crippen LogP contribution is -2.46. The number of hydrogen-bond acceptors (Lipinski definition) is 7. The first-order chi connectivity index (χ1) is 11.6. The molecule has 1 saturated heterocycles. The van der Waals surface area contributed by atoms with Gasteiger partial charge in [0.1, 0.15) is 5.82 Å². The molecular formula is C16H21N7O. The van der Waals surface area contributed by atoms with Gasteiger partial charge in [0, 0.05) is 50.9 Å². The van der Waals surface area contributed by atoms with E-state index in [4.69, 9.17) is 4.52 Å². The smallest absolute Gasteiger partial charge is 0.223 e. The summed E-state index contributed by atoms with van der Waals surface area (Å²) in [5.41, 5.74) is 2.91. The average molecular weight is 327 g/mol. The summed E-state index contributed by atoms with van der Waals surface area (Å²) in [4.78, 5) is 13.6. The quantitative estimate of drug-likeness (QED) is 0.719. The Morgan fingerprint density at radius 2 is 1.79 bits per heavy atom. The van der Waals surface area contributed by atoms with E-state index in [2.05, 4.69) is 36.1 Å². The van der Waals surface area contributed by atoms with E-state index in [0.717, 1.165) is 61.4 Å². The van der Waals surface area contributed by atoms with Crippen molar-refractivity contribution in [3.05, 3.63) is 35.2 Å². The molecular weight excluding hydrogens is 306 g/mol. The van der Waals surface area contributed by atoms with Crippen LogP contribution in [0.3, 0.4) is 0 Å². The third-order valence-corrected chi connectivity index (χ3v) is 4.29. The fourth-order valence-corrected chi connectivity index (χ4v) is 3.16. The number of hydrogen-bond donors (Lipinski definition) is 0. The van der Waals surface area contributed by atoms with Gasteiger partial charge in [-0.05, 0) is 13.8 Å². The minimum atomic E-state index is 0.618. The summed E-state index contributed by atoms with van der Waals surface area (Å²) in [5.74, 6) is 2.48. The van der Waals surface area contributed by atoms with Crippen molar-refractivity contribution in [1.82, 2.24) is 29.6 Å². The highest BCUT2D eigenvalue weighted by molar-refractivity contribution is 5.52. The second-order valence-corrected chi connectivity index (χ2v) is 6.30. The lowest BCUT2D eigenvalue weighted by atomic mass is 10.3. The highest BCUT2D eigenvalue weighted by Crippen LogP contribution is 2.20. The third-order valence-electron chi connectivity index (χ3n) is 4.29. The van der Waals surface area contributed by atoms with Crippen LogP contribution in [0.15, 0.2) is 16.7 Å². The SMILES string of the molecule is Cc1cc(N2CCN(Cc3noc(C)n3)CC2)n2nc(C)cc2n1. The van der Waals surface area contributed by atoms with Crippen molar-refractivity contribution in [2.75, 3.05) is 31.1 Å². The molecule has 0 radical (unpaired) electrons. The van der Waals surface area contributed by atoms with E-state index in [1.807, 2.05) is 31.4 Å². The highest BCUT2D eigenvalue weighted by Gasteiger charge is 2.21. The second-order valence-electron chi connectivity index (χ2n) is 6.30. The van der Waals surface area contributed by atoms with Crippen LogP contribution in [0.4, 0.5) is 5.82 Å². The van der Waals surface area contributed by atoms with Gasteiger partial charge < -0.3 is 9.42 Å². The Kier molecular flexibility index (Phi) is 3.68. The van der Waals surface area contributed by atoms with E-state index in [-0.39, 0.29) is 0 Å². The molecule has 0 aliphatic carbocycles. The molecule has 3 aromatic rings. The number of piperazine rings is 1. The zero-order valence-electron chi connectivity index (χ0n) is 14.2. The van der Waals surface area contributed by atoms with E-state index in [1.165, 1.54) is 0 Å². The molecule has 4 heterocycles. The summed E-state index contributed by atoms with van der Waals surface area (Å²) in [5, 5.41) is 8.56. The molecule has 3 aromatic heterocycles. The predicted octanol–water partition coefficient (Wildman–Crippen LogP) is 1.36. The van der Waals surface area contributed by atoms with Crippen LogP contribution in [-0.2, 0) is 6.54 Å². The molecule has 8 nitrogen and oxygen atoms in total. The van der Waals surface area contributed by atoms with Crippen molar-refractivity contribution in [2.45, 2.75) is 27.3 Å². The minimum absolute atomic E-state index is 0.618. The van der Waals surface area contributed by atoms with Crippen LogP contribution in [0.5, 0.6) is 0 Å². The van der Waals surface area contributed by atoms with Gasteiger partial charge in [-0.15, -0.1) is 0 Å². The molecule has 0 N–H and O–H groups in total. The van der Waals surface area contributed by atoms with Crippen LogP contribution in [0.2, 0.25) is 0 Å². The van der Waals surface area contributed by atoms with Crippen LogP contribution in [0.1, 0.15) is 23.1 Å². The van der Waals surface area contributed by atoms with Crippen LogP contribution >= 0.6 is 0 Å². The molecule has 1 aliphatic heterocycles. The fourth-order valence-electron chi connectivity index (χ4n) is 3.16. The fraction of sp³-hybridized carbons (Fsp3) is 0.500. The largest absolute Gasteiger partial charge is 0.354 e. The summed E-state index contributed by atoms with van der Waals surface area (Å²) in [6.45, 7) is 10.4. The van der Waals surface area contributed by atoms with Crippen LogP contribution < -0.4 is 4.90 Å². The van der Waals surface area contributed by atoms with Crippen LogP contribution in [0.25, 0.3) is 5.65 Å². The molecule has 0 aromatic carbocycles. The topological polar surface area (TPSA) is 75.6 Å². The Balaban J connectivity index is 1.49. The monoisotopic (exact) mass is 327 g/mol. The summed E-state index contributed by atoms with van der Waals surface area (Å²) >= 11 is 0. The summed E-state index contributed by atoms with van der Waals surface area (Å²) in [6, 6.07) is 4.13. The molecule has 0 saturated carbocycles. The Morgan fingerprint density at radius 1 is 1.00 bits per heavy atom. The van der Waals surface area contributed by atoms with Gasteiger partial charge in [-0.2, -0.15) is 14.6 Å². The maximum atomic E-state index is 5.04. The van der Waals surface area contributed by atoms with E-state index in [9.17, 15) is 0 Å². The van der Waals surface area contributed by atoms with Gasteiger partial charge in [0.25, 0.3) is 0 Å². The standard InChI is InChI=1S/C16H21N7O/c1-11-9-16(23-15(17-11)8-12(2)19-23)22-6-4-21(5-7-22)10-14-18-13(3)24-20-14/h8-9H,4-7,10H2,1-3H3. The van der Waals surface area contributed by atoms with E-state index < -0.39 is 0 Å². The molecule has 0 unspecified atom stereocenters. The minimum Gasteiger partial charge on any atom is -0.354 e. The molecule has 0 bridgehead atoms. The van der Waals surface area contributed by atoms with Crippen molar-refractivity contribution >= 4 is 11.5 Å². The molecule has 4 rings (SSSR count). The first kappa shape index (κ1) is 15.1. The maximum Gasteiger partial charge on any atom is 0.223 e. The molecule has 126 valence electrons. The number of nitrogens with zero attached hydrogens (tertiary/aromatic N) is 7. The van der Waals surface area contributed by atoms with Gasteiger partial charge in [-0.25, -0.2) is 4.98 Å². The maximum absolute atomic E-state index is 5.04. The highest BCUT2D eigenvalue weighted by atomic mass is 16.5. The first-order valence-corrected chi connectivity index (χ1v) is 8.19. The number of aromatic nitrogens is 5. The molecule has 24 heavy (non-hydrogen) atoms. The lowest BCUT2D eigenvalue weighted by molar-refractivity contribution is 0.239. The normalized spacial score (nSPS) is 16.2. The lowest BCUT2D eigenvalue weighted by Gasteiger charge is -2.35. The Hall–Kier alpha value is -2.48. The number of fused-ring (bicyclic) bond motifs is 1. The summed E-state index contributed by atoms with van der Waals surface area (Å²) in [6.07, 6.45) is 0. The molecule has 8 heteroatoms. The van der Waals surface area contributed by atoms with E-state index >= 15 is 0 Å². The van der Waals surface area contributed by atoms with Gasteiger partial charge >= 0.3 is 0 Å². The molecule has 0 spiro atoms. The van der Waals surface area contributed by atoms with Crippen molar-refractivity contribution in [3.8, 4) is 0 Å². The second kappa shape index (κ2) is 5.86. The predicted molar refractivity (Wildman–Crippen MR) is 89.0 cm³/mol. The summed E-state index contributed by atoms with van der Waals surface area (Å²) in [7, 11) is 0. The number of rotatable bonds is 3. The van der Waals surface area contributed by atoms with Gasteiger partial charge in [0.2, 0.25) is 5.89 Å². The third kappa shape index (κ3) is 2.84. The molecule has 1 aliphatic rings. The van der Waals surface area contributed by atoms with Gasteiger partial charge in [0.15, 0.2) is 11.5 Å². The van der Waals surface area contributed by atoms with E-state index in [1.54, 1.807) is 0 Å². The number of anilines is 1. The molecule has 0 amide bonds. The van der Waals surface area contributed by atoms with Gasteiger partial charge in [0.05, 0.1) is 12.2 Å². The van der Waals surface area contributed by atoms with Crippen molar-refractivity contribution in [1.29, 1.82) is 0 Å². The van der Waals surface area contributed by atoms with Gasteiger partial charge in [-0.1, -0.05) is 5.16 Å².